The van der Waals surface area contributed by atoms with E-state index in [1.165, 1.54) is 41.7 Å². The van der Waals surface area contributed by atoms with E-state index in [1.807, 2.05) is 11.8 Å². The van der Waals surface area contributed by atoms with Crippen molar-refractivity contribution >= 4 is 57.6 Å². The van der Waals surface area contributed by atoms with Crippen molar-refractivity contribution in [3.8, 4) is 22.6 Å². The molecular weight excluding hydrogens is 595 g/mol. The van der Waals surface area contributed by atoms with Gasteiger partial charge in [-0.25, -0.2) is 0 Å². The lowest BCUT2D eigenvalue weighted by Crippen LogP contribution is -2.77. The SMILES string of the molecule is c1ccc(-c2ccc(N(c3ccccc3)c3ccc4c(c3)[Si]3(c5ccccc5Oc5ccccc53)c3ccccc3S4)cc2)cc1. The summed E-state index contributed by atoms with van der Waals surface area (Å²) in [6.45, 7) is 0. The van der Waals surface area contributed by atoms with E-state index in [1.54, 1.807) is 0 Å². The zero-order chi connectivity index (χ0) is 30.5. The molecule has 0 aromatic heterocycles. The fourth-order valence-corrected chi connectivity index (χ4v) is 14.3. The van der Waals surface area contributed by atoms with Crippen LogP contribution < -0.4 is 30.4 Å². The Bertz CT molecular complexity index is 2110. The molecule has 7 aromatic carbocycles. The number of fused-ring (bicyclic) bond motifs is 8. The zero-order valence-electron chi connectivity index (χ0n) is 25.0. The van der Waals surface area contributed by atoms with Gasteiger partial charge in [-0.3, -0.25) is 0 Å². The number of rotatable bonds is 4. The Morgan fingerprint density at radius 3 is 1.59 bits per heavy atom. The second-order valence-electron chi connectivity index (χ2n) is 11.7. The molecule has 2 heterocycles. The quantitative estimate of drug-likeness (QED) is 0.182. The molecule has 0 unspecified atom stereocenters. The molecule has 2 aliphatic heterocycles. The molecule has 0 atom stereocenters. The van der Waals surface area contributed by atoms with Crippen LogP contribution >= 0.6 is 11.8 Å². The van der Waals surface area contributed by atoms with Gasteiger partial charge in [-0.15, -0.1) is 0 Å². The number of nitrogens with zero attached hydrogens (tertiary/aromatic N) is 1. The molecule has 0 radical (unpaired) electrons. The van der Waals surface area contributed by atoms with E-state index in [-0.39, 0.29) is 0 Å². The number of ether oxygens (including phenoxy) is 1. The van der Waals surface area contributed by atoms with Crippen LogP contribution in [0.3, 0.4) is 0 Å². The van der Waals surface area contributed by atoms with Crippen molar-refractivity contribution in [2.24, 2.45) is 0 Å². The monoisotopic (exact) mass is 623 g/mol. The van der Waals surface area contributed by atoms with Gasteiger partial charge in [0.1, 0.15) is 11.5 Å². The van der Waals surface area contributed by atoms with Crippen LogP contribution in [0, 0.1) is 0 Å². The fraction of sp³-hybridized carbons (Fsp3) is 0. The summed E-state index contributed by atoms with van der Waals surface area (Å²) in [5.74, 6) is 1.92. The van der Waals surface area contributed by atoms with Crippen molar-refractivity contribution in [1.82, 2.24) is 0 Å². The smallest absolute Gasteiger partial charge is 0.190 e. The number of hydrogen-bond acceptors (Lipinski definition) is 3. The fourth-order valence-electron chi connectivity index (χ4n) is 7.20. The van der Waals surface area contributed by atoms with Crippen molar-refractivity contribution in [2.75, 3.05) is 4.90 Å². The van der Waals surface area contributed by atoms with Crippen LogP contribution in [-0.2, 0) is 0 Å². The van der Waals surface area contributed by atoms with Crippen LogP contribution in [0.15, 0.2) is 186 Å². The van der Waals surface area contributed by atoms with Crippen LogP contribution in [0.2, 0.25) is 0 Å². The highest BCUT2D eigenvalue weighted by Crippen LogP contribution is 2.41. The van der Waals surface area contributed by atoms with Crippen molar-refractivity contribution in [1.29, 1.82) is 0 Å². The van der Waals surface area contributed by atoms with Gasteiger partial charge in [0.05, 0.1) is 0 Å². The molecule has 0 fully saturated rings. The summed E-state index contributed by atoms with van der Waals surface area (Å²) in [6.07, 6.45) is 0. The van der Waals surface area contributed by atoms with Crippen LogP contribution in [0.5, 0.6) is 11.5 Å². The van der Waals surface area contributed by atoms with Crippen molar-refractivity contribution in [2.45, 2.75) is 9.79 Å². The Balaban J connectivity index is 1.29. The molecule has 4 heteroatoms. The van der Waals surface area contributed by atoms with Gasteiger partial charge < -0.3 is 9.64 Å². The van der Waals surface area contributed by atoms with Crippen LogP contribution in [0.25, 0.3) is 11.1 Å². The van der Waals surface area contributed by atoms with Crippen LogP contribution in [0.4, 0.5) is 17.1 Å². The predicted molar refractivity (Wildman–Crippen MR) is 194 cm³/mol. The predicted octanol–water partition coefficient (Wildman–Crippen LogP) is 8.77. The van der Waals surface area contributed by atoms with Gasteiger partial charge in [-0.05, 0) is 92.5 Å². The first-order valence-electron chi connectivity index (χ1n) is 15.6. The van der Waals surface area contributed by atoms with Crippen molar-refractivity contribution in [3.63, 3.8) is 0 Å². The van der Waals surface area contributed by atoms with Gasteiger partial charge >= 0.3 is 0 Å². The van der Waals surface area contributed by atoms with Gasteiger partial charge in [0.15, 0.2) is 8.07 Å². The first-order valence-corrected chi connectivity index (χ1v) is 18.4. The van der Waals surface area contributed by atoms with E-state index in [4.69, 9.17) is 4.74 Å². The Hall–Kier alpha value is -5.29. The molecule has 1 spiro atoms. The maximum absolute atomic E-state index is 6.62. The van der Waals surface area contributed by atoms with E-state index < -0.39 is 8.07 Å². The topological polar surface area (TPSA) is 12.5 Å². The number of benzene rings is 7. The minimum absolute atomic E-state index is 0.960. The van der Waals surface area contributed by atoms with E-state index >= 15 is 0 Å². The summed E-state index contributed by atoms with van der Waals surface area (Å²) in [7, 11) is -2.76. The lowest BCUT2D eigenvalue weighted by Gasteiger charge is -2.43. The average molecular weight is 624 g/mol. The summed E-state index contributed by atoms with van der Waals surface area (Å²) in [6, 6.07) is 63.7. The Morgan fingerprint density at radius 1 is 0.391 bits per heavy atom. The Kier molecular flexibility index (Phi) is 6.44. The van der Waals surface area contributed by atoms with Gasteiger partial charge in [0.2, 0.25) is 0 Å². The van der Waals surface area contributed by atoms with E-state index in [2.05, 4.69) is 181 Å². The minimum Gasteiger partial charge on any atom is -0.458 e. The number of hydrogen-bond donors (Lipinski definition) is 0. The van der Waals surface area contributed by atoms with E-state index in [0.29, 0.717) is 0 Å². The van der Waals surface area contributed by atoms with Crippen LogP contribution in [-0.4, -0.2) is 8.07 Å². The summed E-state index contributed by atoms with van der Waals surface area (Å²) >= 11 is 1.89. The maximum atomic E-state index is 6.62. The molecule has 0 aliphatic carbocycles. The molecule has 0 saturated carbocycles. The van der Waals surface area contributed by atoms with Gasteiger partial charge in [-0.1, -0.05) is 127 Å². The molecule has 0 N–H and O–H groups in total. The highest BCUT2D eigenvalue weighted by Gasteiger charge is 2.52. The van der Waals surface area contributed by atoms with Crippen molar-refractivity contribution in [3.05, 3.63) is 176 Å². The zero-order valence-corrected chi connectivity index (χ0v) is 26.8. The van der Waals surface area contributed by atoms with Gasteiger partial charge in [-0.2, -0.15) is 0 Å². The number of para-hydroxylation sites is 3. The molecule has 9 rings (SSSR count). The van der Waals surface area contributed by atoms with E-state index in [0.717, 1.165) is 28.6 Å². The third kappa shape index (κ3) is 4.18. The molecule has 0 bridgehead atoms. The maximum Gasteiger partial charge on any atom is 0.190 e. The Labute approximate surface area is 274 Å². The first-order chi connectivity index (χ1) is 22.8. The highest BCUT2D eigenvalue weighted by molar-refractivity contribution is 8.00. The Morgan fingerprint density at radius 2 is 0.891 bits per heavy atom. The summed E-state index contributed by atoms with van der Waals surface area (Å²) < 4.78 is 6.62. The molecule has 0 saturated heterocycles. The molecule has 0 amide bonds. The molecule has 7 aromatic rings. The lowest BCUT2D eigenvalue weighted by atomic mass is 10.0. The highest BCUT2D eigenvalue weighted by atomic mass is 32.2. The molecular formula is C42H29NOSSi. The largest absolute Gasteiger partial charge is 0.458 e. The van der Waals surface area contributed by atoms with Gasteiger partial charge in [0, 0.05) is 26.9 Å². The second kappa shape index (κ2) is 11.0. The molecule has 46 heavy (non-hydrogen) atoms. The molecule has 2 aliphatic rings. The molecule has 2 nitrogen and oxygen atoms in total. The first kappa shape index (κ1) is 27.1. The standard InChI is InChI=1S/C42H29NOSSi/c1-3-13-30(14-4-1)31-23-25-33(26-24-31)43(32-15-5-2-6-16-32)34-27-28-38-42(29-34)46(41-22-12-9-19-37(41)45-38)39-20-10-7-17-35(39)44-36-18-8-11-21-40(36)46/h1-29H. The molecule has 218 valence electrons. The van der Waals surface area contributed by atoms with Crippen molar-refractivity contribution < 1.29 is 4.74 Å². The summed E-state index contributed by atoms with van der Waals surface area (Å²) in [4.78, 5) is 5.03. The number of anilines is 3. The third-order valence-electron chi connectivity index (χ3n) is 9.19. The van der Waals surface area contributed by atoms with E-state index in [9.17, 15) is 0 Å². The summed E-state index contributed by atoms with van der Waals surface area (Å²) in [5.41, 5.74) is 5.82. The minimum atomic E-state index is -2.76. The second-order valence-corrected chi connectivity index (χ2v) is 16.4. The van der Waals surface area contributed by atoms with Crippen LogP contribution in [0.1, 0.15) is 0 Å². The third-order valence-corrected chi connectivity index (χ3v) is 15.6. The lowest BCUT2D eigenvalue weighted by molar-refractivity contribution is 0.487. The summed E-state index contributed by atoms with van der Waals surface area (Å²) in [5, 5.41) is 5.43. The normalized spacial score (nSPS) is 13.5. The van der Waals surface area contributed by atoms with Gasteiger partial charge in [0.25, 0.3) is 0 Å². The average Bonchev–Trinajstić information content (AvgIpc) is 3.13.